The van der Waals surface area contributed by atoms with Crippen LogP contribution in [-0.2, 0) is 10.0 Å². The first-order valence-electron chi connectivity index (χ1n) is 5.10. The molecule has 0 atom stereocenters. The fourth-order valence-electron chi connectivity index (χ4n) is 1.43. The second kappa shape index (κ2) is 5.72. The summed E-state index contributed by atoms with van der Waals surface area (Å²) < 4.78 is 27.2. The van der Waals surface area contributed by atoms with Gasteiger partial charge in [-0.1, -0.05) is 11.6 Å². The lowest BCUT2D eigenvalue weighted by Gasteiger charge is -2.08. The predicted octanol–water partition coefficient (Wildman–Crippen LogP) is 3.66. The number of benzene rings is 1. The number of carboxylic acid groups (broad SMARTS) is 1. The Labute approximate surface area is 132 Å². The number of rotatable bonds is 4. The molecule has 0 aliphatic carbocycles. The van der Waals surface area contributed by atoms with Crippen LogP contribution in [0.15, 0.2) is 39.0 Å². The van der Waals surface area contributed by atoms with Crippen LogP contribution in [0.4, 0.5) is 5.69 Å². The van der Waals surface area contributed by atoms with Crippen molar-refractivity contribution in [2.24, 2.45) is 0 Å². The van der Waals surface area contributed by atoms with Crippen LogP contribution >= 0.6 is 38.9 Å². The Balaban J connectivity index is 2.38. The number of carboxylic acids is 1. The third kappa shape index (κ3) is 3.14. The maximum Gasteiger partial charge on any atom is 0.347 e. The number of thiophene rings is 1. The van der Waals surface area contributed by atoms with Crippen molar-refractivity contribution < 1.29 is 18.3 Å². The number of sulfonamides is 1. The zero-order valence-corrected chi connectivity index (χ0v) is 13.6. The Morgan fingerprint density at radius 2 is 2.05 bits per heavy atom. The summed E-state index contributed by atoms with van der Waals surface area (Å²) in [6.45, 7) is 0. The number of hydrogen-bond donors (Lipinski definition) is 2. The van der Waals surface area contributed by atoms with Gasteiger partial charge in [0.2, 0.25) is 0 Å². The van der Waals surface area contributed by atoms with Gasteiger partial charge in [0.15, 0.2) is 0 Å². The van der Waals surface area contributed by atoms with Crippen molar-refractivity contribution in [1.82, 2.24) is 0 Å². The topological polar surface area (TPSA) is 83.5 Å². The quantitative estimate of drug-likeness (QED) is 0.826. The van der Waals surface area contributed by atoms with Gasteiger partial charge in [-0.25, -0.2) is 13.2 Å². The minimum Gasteiger partial charge on any atom is -0.477 e. The second-order valence-corrected chi connectivity index (χ2v) is 7.48. The summed E-state index contributed by atoms with van der Waals surface area (Å²) in [5.74, 6) is -1.28. The fraction of sp³-hybridized carbons (Fsp3) is 0. The van der Waals surface area contributed by atoms with E-state index >= 15 is 0 Å². The standard InChI is InChI=1S/C11H7BrClNO4S2/c12-7-2-1-6(5-8(7)13)14-20(17,18)9-3-4-19-10(9)11(15)16/h1-5,14H,(H,15,16). The van der Waals surface area contributed by atoms with Crippen molar-refractivity contribution in [3.05, 3.63) is 44.0 Å². The Morgan fingerprint density at radius 1 is 1.35 bits per heavy atom. The minimum atomic E-state index is -3.97. The largest absolute Gasteiger partial charge is 0.477 e. The van der Waals surface area contributed by atoms with E-state index in [1.165, 1.54) is 23.6 Å². The lowest BCUT2D eigenvalue weighted by molar-refractivity contribution is 0.0698. The van der Waals surface area contributed by atoms with Crippen LogP contribution in [0, 0.1) is 0 Å². The van der Waals surface area contributed by atoms with E-state index in [2.05, 4.69) is 20.7 Å². The van der Waals surface area contributed by atoms with E-state index in [0.29, 0.717) is 9.50 Å². The molecule has 0 spiro atoms. The molecule has 2 rings (SSSR count). The van der Waals surface area contributed by atoms with Crippen molar-refractivity contribution in [2.45, 2.75) is 4.90 Å². The van der Waals surface area contributed by atoms with Gasteiger partial charge < -0.3 is 5.11 Å². The molecule has 1 aromatic heterocycles. The van der Waals surface area contributed by atoms with Crippen molar-refractivity contribution in [3.63, 3.8) is 0 Å². The van der Waals surface area contributed by atoms with Crippen molar-refractivity contribution >= 4 is 60.5 Å². The van der Waals surface area contributed by atoms with Crippen LogP contribution < -0.4 is 4.72 Å². The van der Waals surface area contributed by atoms with E-state index in [4.69, 9.17) is 16.7 Å². The molecular weight excluding hydrogens is 390 g/mol. The average molecular weight is 397 g/mol. The summed E-state index contributed by atoms with van der Waals surface area (Å²) in [7, 11) is -3.97. The van der Waals surface area contributed by atoms with Gasteiger partial charge in [-0.2, -0.15) is 0 Å². The first-order valence-corrected chi connectivity index (χ1v) is 8.63. The molecule has 0 aliphatic rings. The number of anilines is 1. The monoisotopic (exact) mass is 395 g/mol. The van der Waals surface area contributed by atoms with Gasteiger partial charge in [-0.05, 0) is 45.6 Å². The van der Waals surface area contributed by atoms with Gasteiger partial charge in [0.25, 0.3) is 10.0 Å². The van der Waals surface area contributed by atoms with E-state index < -0.39 is 16.0 Å². The molecule has 0 bridgehead atoms. The maximum atomic E-state index is 12.2. The first kappa shape index (κ1) is 15.3. The third-order valence-corrected chi connectivity index (χ3v) is 5.97. The highest BCUT2D eigenvalue weighted by Gasteiger charge is 2.23. The predicted molar refractivity (Wildman–Crippen MR) is 81.2 cm³/mol. The highest BCUT2D eigenvalue weighted by molar-refractivity contribution is 9.10. The van der Waals surface area contributed by atoms with Gasteiger partial charge in [0.1, 0.15) is 9.77 Å². The Bertz CT molecular complexity index is 772. The molecule has 1 heterocycles. The maximum absolute atomic E-state index is 12.2. The molecule has 0 saturated heterocycles. The molecule has 5 nitrogen and oxygen atoms in total. The first-order chi connectivity index (χ1) is 9.31. The molecule has 1 aromatic carbocycles. The van der Waals surface area contributed by atoms with Gasteiger partial charge in [-0.15, -0.1) is 11.3 Å². The molecule has 0 fully saturated rings. The second-order valence-electron chi connectivity index (χ2n) is 3.65. The lowest BCUT2D eigenvalue weighted by Crippen LogP contribution is -2.15. The van der Waals surface area contributed by atoms with E-state index in [1.807, 2.05) is 0 Å². The van der Waals surface area contributed by atoms with Gasteiger partial charge in [-0.3, -0.25) is 4.72 Å². The molecule has 106 valence electrons. The van der Waals surface area contributed by atoms with E-state index in [0.717, 1.165) is 11.3 Å². The third-order valence-electron chi connectivity index (χ3n) is 2.28. The average Bonchev–Trinajstić information content (AvgIpc) is 2.83. The zero-order chi connectivity index (χ0) is 14.9. The minimum absolute atomic E-state index is 0.235. The molecule has 0 aliphatic heterocycles. The molecule has 2 N–H and O–H groups in total. The van der Waals surface area contributed by atoms with E-state index in [-0.39, 0.29) is 15.5 Å². The molecule has 0 amide bonds. The van der Waals surface area contributed by atoms with Crippen LogP contribution in [0.25, 0.3) is 0 Å². The summed E-state index contributed by atoms with van der Waals surface area (Å²) in [4.78, 5) is 10.5. The zero-order valence-electron chi connectivity index (χ0n) is 9.63. The fourth-order valence-corrected chi connectivity index (χ4v) is 4.17. The van der Waals surface area contributed by atoms with Crippen molar-refractivity contribution in [1.29, 1.82) is 0 Å². The van der Waals surface area contributed by atoms with Crippen LogP contribution in [0.1, 0.15) is 9.67 Å². The summed E-state index contributed by atoms with van der Waals surface area (Å²) in [6, 6.07) is 5.78. The molecule has 20 heavy (non-hydrogen) atoms. The smallest absolute Gasteiger partial charge is 0.347 e. The van der Waals surface area contributed by atoms with Crippen LogP contribution in [0.5, 0.6) is 0 Å². The molecule has 2 aromatic rings. The van der Waals surface area contributed by atoms with E-state index in [9.17, 15) is 13.2 Å². The summed E-state index contributed by atoms with van der Waals surface area (Å²) in [5, 5.41) is 10.7. The van der Waals surface area contributed by atoms with E-state index in [1.54, 1.807) is 6.07 Å². The van der Waals surface area contributed by atoms with Crippen LogP contribution in [0.3, 0.4) is 0 Å². The van der Waals surface area contributed by atoms with Gasteiger partial charge in [0, 0.05) is 4.47 Å². The highest BCUT2D eigenvalue weighted by Crippen LogP contribution is 2.28. The Kier molecular flexibility index (Phi) is 4.38. The SMILES string of the molecule is O=C(O)c1sccc1S(=O)(=O)Nc1ccc(Br)c(Cl)c1. The number of halogens is 2. The number of nitrogens with one attached hydrogen (secondary N) is 1. The summed E-state index contributed by atoms with van der Waals surface area (Å²) >= 11 is 9.92. The summed E-state index contributed by atoms with van der Waals surface area (Å²) in [5.41, 5.74) is 0.251. The normalized spacial score (nSPS) is 11.3. The Morgan fingerprint density at radius 3 is 2.65 bits per heavy atom. The van der Waals surface area contributed by atoms with Gasteiger partial charge >= 0.3 is 5.97 Å². The molecular formula is C11H7BrClNO4S2. The Hall–Kier alpha value is -1.09. The number of carbonyl (C=O) groups is 1. The molecule has 0 unspecified atom stereocenters. The highest BCUT2D eigenvalue weighted by atomic mass is 79.9. The molecule has 0 radical (unpaired) electrons. The van der Waals surface area contributed by atoms with Crippen LogP contribution in [-0.4, -0.2) is 19.5 Å². The van der Waals surface area contributed by atoms with Crippen LogP contribution in [0.2, 0.25) is 5.02 Å². The molecule has 0 saturated carbocycles. The molecule has 9 heteroatoms. The van der Waals surface area contributed by atoms with Gasteiger partial charge in [0.05, 0.1) is 10.7 Å². The lowest BCUT2D eigenvalue weighted by atomic mass is 10.3. The van der Waals surface area contributed by atoms with Crippen molar-refractivity contribution in [3.8, 4) is 0 Å². The summed E-state index contributed by atoms with van der Waals surface area (Å²) in [6.07, 6.45) is 0. The van der Waals surface area contributed by atoms with Crippen molar-refractivity contribution in [2.75, 3.05) is 4.72 Å². The number of aromatic carboxylic acids is 1. The number of hydrogen-bond acceptors (Lipinski definition) is 4.